The summed E-state index contributed by atoms with van der Waals surface area (Å²) in [5, 5.41) is 33.5. The molecule has 0 amide bonds. The zero-order valence-electron chi connectivity index (χ0n) is 9.37. The van der Waals surface area contributed by atoms with E-state index >= 15 is 0 Å². The Kier molecular flexibility index (Phi) is 9.91. The zero-order valence-corrected chi connectivity index (χ0v) is 9.37. The quantitative estimate of drug-likeness (QED) is 0.280. The number of carbonyl (C=O) groups excluding carboxylic acids is 1. The van der Waals surface area contributed by atoms with E-state index in [1.165, 1.54) is 6.92 Å². The molecule has 0 fully saturated rings. The van der Waals surface area contributed by atoms with Gasteiger partial charge in [0.1, 0.15) is 6.10 Å². The summed E-state index contributed by atoms with van der Waals surface area (Å²) in [7, 11) is 0. The third kappa shape index (κ3) is 10.6. The van der Waals surface area contributed by atoms with Crippen LogP contribution in [-0.2, 0) is 14.3 Å². The first-order valence-corrected chi connectivity index (χ1v) is 4.45. The summed E-state index contributed by atoms with van der Waals surface area (Å²) in [5.41, 5.74) is 0.176. The average molecular weight is 248 g/mol. The summed E-state index contributed by atoms with van der Waals surface area (Å²) in [4.78, 5) is 19.9. The molecular weight excluding hydrogens is 232 g/mol. The first-order valence-electron chi connectivity index (χ1n) is 4.45. The SMILES string of the molecule is C=C(C)C(=O)O.C=CC(=O)OC(O)C(O)CO. The van der Waals surface area contributed by atoms with Crippen LogP contribution in [0, 0.1) is 0 Å². The minimum Gasteiger partial charge on any atom is -0.478 e. The second-order valence-corrected chi connectivity index (χ2v) is 2.87. The predicted octanol–water partition coefficient (Wildman–Crippen LogP) is -0.966. The number of hydrogen-bond acceptors (Lipinski definition) is 6. The highest BCUT2D eigenvalue weighted by molar-refractivity contribution is 5.84. The van der Waals surface area contributed by atoms with Crippen LogP contribution < -0.4 is 0 Å². The number of carboxylic acid groups (broad SMARTS) is 1. The van der Waals surface area contributed by atoms with Crippen molar-refractivity contribution in [1.82, 2.24) is 0 Å². The maximum absolute atomic E-state index is 10.3. The van der Waals surface area contributed by atoms with Gasteiger partial charge in [0.15, 0.2) is 0 Å². The average Bonchev–Trinajstić information content (AvgIpc) is 2.28. The van der Waals surface area contributed by atoms with Gasteiger partial charge in [0, 0.05) is 11.6 Å². The lowest BCUT2D eigenvalue weighted by Gasteiger charge is -2.14. The van der Waals surface area contributed by atoms with Crippen LogP contribution in [0.15, 0.2) is 24.8 Å². The van der Waals surface area contributed by atoms with Crippen molar-refractivity contribution in [2.24, 2.45) is 0 Å². The predicted molar refractivity (Wildman–Crippen MR) is 57.8 cm³/mol. The van der Waals surface area contributed by atoms with Gasteiger partial charge in [-0.25, -0.2) is 9.59 Å². The third-order valence-corrected chi connectivity index (χ3v) is 1.28. The zero-order chi connectivity index (χ0) is 14.0. The minimum atomic E-state index is -1.70. The topological polar surface area (TPSA) is 124 Å². The van der Waals surface area contributed by atoms with E-state index in [0.29, 0.717) is 0 Å². The Labute approximate surface area is 98.3 Å². The second kappa shape index (κ2) is 9.52. The molecule has 2 atom stereocenters. The van der Waals surface area contributed by atoms with Gasteiger partial charge in [-0.1, -0.05) is 13.2 Å². The van der Waals surface area contributed by atoms with E-state index in [2.05, 4.69) is 17.9 Å². The lowest BCUT2D eigenvalue weighted by Crippen LogP contribution is -2.33. The van der Waals surface area contributed by atoms with Crippen LogP contribution in [-0.4, -0.2) is 51.4 Å². The molecule has 2 unspecified atom stereocenters. The molecule has 0 spiro atoms. The third-order valence-electron chi connectivity index (χ3n) is 1.28. The molecule has 0 aromatic carbocycles. The number of aliphatic carboxylic acids is 1. The summed E-state index contributed by atoms with van der Waals surface area (Å²) >= 11 is 0. The second-order valence-electron chi connectivity index (χ2n) is 2.87. The molecule has 0 aromatic heterocycles. The lowest BCUT2D eigenvalue weighted by molar-refractivity contribution is -0.185. The highest BCUT2D eigenvalue weighted by atomic mass is 16.6. The molecule has 0 aliphatic heterocycles. The molecule has 17 heavy (non-hydrogen) atoms. The number of hydrogen-bond donors (Lipinski definition) is 4. The number of esters is 1. The normalized spacial score (nSPS) is 12.5. The number of ether oxygens (including phenoxy) is 1. The van der Waals surface area contributed by atoms with Crippen LogP contribution >= 0.6 is 0 Å². The fourth-order valence-corrected chi connectivity index (χ4v) is 0.336. The fourth-order valence-electron chi connectivity index (χ4n) is 0.336. The number of carbonyl (C=O) groups is 2. The minimum absolute atomic E-state index is 0.176. The van der Waals surface area contributed by atoms with E-state index in [1.807, 2.05) is 0 Å². The Balaban J connectivity index is 0. The Hall–Kier alpha value is -1.70. The highest BCUT2D eigenvalue weighted by Gasteiger charge is 2.17. The van der Waals surface area contributed by atoms with Crippen LogP contribution in [0.3, 0.4) is 0 Å². The smallest absolute Gasteiger partial charge is 0.332 e. The number of aliphatic hydroxyl groups excluding tert-OH is 3. The van der Waals surface area contributed by atoms with E-state index in [9.17, 15) is 9.59 Å². The van der Waals surface area contributed by atoms with Crippen LogP contribution in [0.5, 0.6) is 0 Å². The van der Waals surface area contributed by atoms with Gasteiger partial charge in [-0.2, -0.15) is 0 Å². The van der Waals surface area contributed by atoms with E-state index < -0.39 is 30.9 Å². The maximum Gasteiger partial charge on any atom is 0.332 e. The van der Waals surface area contributed by atoms with Crippen molar-refractivity contribution in [3.8, 4) is 0 Å². The Morgan fingerprint density at radius 1 is 1.41 bits per heavy atom. The Morgan fingerprint density at radius 2 is 1.82 bits per heavy atom. The molecule has 0 rings (SSSR count). The molecule has 7 nitrogen and oxygen atoms in total. The van der Waals surface area contributed by atoms with Crippen molar-refractivity contribution >= 4 is 11.9 Å². The van der Waals surface area contributed by atoms with Gasteiger partial charge in [0.25, 0.3) is 0 Å². The molecule has 0 heterocycles. The molecule has 0 aliphatic rings. The molecule has 0 radical (unpaired) electrons. The van der Waals surface area contributed by atoms with E-state index in [0.717, 1.165) is 6.08 Å². The van der Waals surface area contributed by atoms with Gasteiger partial charge in [-0.05, 0) is 6.92 Å². The summed E-state index contributed by atoms with van der Waals surface area (Å²) in [6, 6.07) is 0. The molecule has 0 aliphatic carbocycles. The monoisotopic (exact) mass is 248 g/mol. The van der Waals surface area contributed by atoms with Crippen LogP contribution in [0.25, 0.3) is 0 Å². The van der Waals surface area contributed by atoms with E-state index in [1.54, 1.807) is 0 Å². The van der Waals surface area contributed by atoms with Gasteiger partial charge in [-0.3, -0.25) is 0 Å². The van der Waals surface area contributed by atoms with Crippen molar-refractivity contribution in [3.05, 3.63) is 24.8 Å². The van der Waals surface area contributed by atoms with Gasteiger partial charge in [0.2, 0.25) is 6.29 Å². The van der Waals surface area contributed by atoms with Crippen LogP contribution in [0.4, 0.5) is 0 Å². The molecule has 4 N–H and O–H groups in total. The summed E-state index contributed by atoms with van der Waals surface area (Å²) in [6.45, 7) is 7.00. The molecule has 0 saturated carbocycles. The summed E-state index contributed by atoms with van der Waals surface area (Å²) in [5.74, 6) is -1.79. The van der Waals surface area contributed by atoms with Gasteiger partial charge in [0.05, 0.1) is 6.61 Å². The lowest BCUT2D eigenvalue weighted by atomic mass is 10.4. The van der Waals surface area contributed by atoms with Crippen LogP contribution in [0.1, 0.15) is 6.92 Å². The standard InChI is InChI=1S/C6H10O5.C4H6O2/c1-2-5(9)11-6(10)4(8)3-7;1-3(2)4(5)6/h2,4,6-8,10H,1,3H2;1H2,2H3,(H,5,6). The first-order chi connectivity index (χ1) is 7.76. The van der Waals surface area contributed by atoms with Crippen molar-refractivity contribution in [2.75, 3.05) is 6.61 Å². The van der Waals surface area contributed by atoms with Crippen molar-refractivity contribution in [3.63, 3.8) is 0 Å². The Morgan fingerprint density at radius 3 is 2.06 bits per heavy atom. The Bertz CT molecular complexity index is 272. The van der Waals surface area contributed by atoms with Gasteiger partial charge in [-0.15, -0.1) is 0 Å². The molecule has 0 saturated heterocycles. The van der Waals surface area contributed by atoms with Crippen molar-refractivity contribution in [1.29, 1.82) is 0 Å². The number of aliphatic hydroxyl groups is 3. The van der Waals surface area contributed by atoms with E-state index in [4.69, 9.17) is 20.4 Å². The maximum atomic E-state index is 10.3. The first kappa shape index (κ1) is 17.7. The molecule has 98 valence electrons. The number of rotatable bonds is 5. The largest absolute Gasteiger partial charge is 0.478 e. The highest BCUT2D eigenvalue weighted by Crippen LogP contribution is 1.95. The van der Waals surface area contributed by atoms with Crippen LogP contribution in [0.2, 0.25) is 0 Å². The van der Waals surface area contributed by atoms with Crippen molar-refractivity contribution in [2.45, 2.75) is 19.3 Å². The molecular formula is C10H16O7. The fraction of sp³-hybridized carbons (Fsp3) is 0.400. The molecule has 7 heteroatoms. The summed E-state index contributed by atoms with van der Waals surface area (Å²) < 4.78 is 4.14. The van der Waals surface area contributed by atoms with Gasteiger partial charge < -0.3 is 25.2 Å². The number of carboxylic acids is 1. The van der Waals surface area contributed by atoms with Gasteiger partial charge >= 0.3 is 11.9 Å². The molecule has 0 bridgehead atoms. The van der Waals surface area contributed by atoms with E-state index in [-0.39, 0.29) is 5.57 Å². The molecule has 0 aromatic rings. The van der Waals surface area contributed by atoms with Crippen molar-refractivity contribution < 1.29 is 34.8 Å². The summed E-state index contributed by atoms with van der Waals surface area (Å²) in [6.07, 6.45) is -2.34.